The van der Waals surface area contributed by atoms with Gasteiger partial charge in [0.15, 0.2) is 5.82 Å². The molecule has 0 aliphatic carbocycles. The molecule has 2 rings (SSSR count). The van der Waals surface area contributed by atoms with Crippen LogP contribution in [0.2, 0.25) is 0 Å². The van der Waals surface area contributed by atoms with E-state index in [0.29, 0.717) is 28.6 Å². The molecule has 2 aromatic heterocycles. The van der Waals surface area contributed by atoms with Crippen molar-refractivity contribution in [2.24, 2.45) is 11.8 Å². The van der Waals surface area contributed by atoms with Crippen LogP contribution >= 0.6 is 11.8 Å². The third-order valence-corrected chi connectivity index (χ3v) is 4.54. The second kappa shape index (κ2) is 8.42. The highest BCUT2D eigenvalue weighted by Gasteiger charge is 2.20. The maximum atomic E-state index is 12.6. The molecule has 0 aliphatic heterocycles. The van der Waals surface area contributed by atoms with Crippen molar-refractivity contribution in [2.45, 2.75) is 39.8 Å². The first-order valence-corrected chi connectivity index (χ1v) is 9.43. The third-order valence-electron chi connectivity index (χ3n) is 3.61. The number of furan rings is 1. The first kappa shape index (κ1) is 19.4. The summed E-state index contributed by atoms with van der Waals surface area (Å²) in [6, 6.07) is 1.80. The molecule has 0 unspecified atom stereocenters. The van der Waals surface area contributed by atoms with E-state index < -0.39 is 0 Å². The molecular weight excluding hydrogens is 338 g/mol. The number of aryl methyl sites for hydroxylation is 1. The number of rotatable bonds is 8. The van der Waals surface area contributed by atoms with E-state index in [9.17, 15) is 4.79 Å². The summed E-state index contributed by atoms with van der Waals surface area (Å²) in [5.41, 5.74) is 0.800. The summed E-state index contributed by atoms with van der Waals surface area (Å²) in [7, 11) is 0. The number of hydrogen-bond donors (Lipinski definition) is 1. The molecule has 0 spiro atoms. The zero-order chi connectivity index (χ0) is 18.6. The maximum Gasteiger partial charge on any atom is 0.233 e. The molecule has 25 heavy (non-hydrogen) atoms. The number of aromatic nitrogens is 3. The lowest BCUT2D eigenvalue weighted by atomic mass is 10.1. The number of hydrogen-bond acceptors (Lipinski definition) is 6. The van der Waals surface area contributed by atoms with Gasteiger partial charge in [0.25, 0.3) is 0 Å². The highest BCUT2D eigenvalue weighted by molar-refractivity contribution is 7.99. The van der Waals surface area contributed by atoms with E-state index in [1.165, 1.54) is 16.4 Å². The molecule has 0 saturated carbocycles. The van der Waals surface area contributed by atoms with Crippen LogP contribution in [-0.4, -0.2) is 44.5 Å². The standard InChI is InChI=1S/C17H27N5O2S/c1-11(2)8-21(9-12(3)4)15(23)10-25-17-20-19-16(22(17)18)14-6-7-24-13(14)5/h6-7,11-12H,8-10,18H2,1-5H3. The van der Waals surface area contributed by atoms with Crippen LogP contribution in [0, 0.1) is 18.8 Å². The summed E-state index contributed by atoms with van der Waals surface area (Å²) >= 11 is 1.30. The fourth-order valence-corrected chi connectivity index (χ4v) is 3.31. The molecule has 0 aromatic carbocycles. The second-order valence-corrected chi connectivity index (χ2v) is 7.88. The predicted octanol–water partition coefficient (Wildman–Crippen LogP) is 2.79. The van der Waals surface area contributed by atoms with Gasteiger partial charge < -0.3 is 15.2 Å². The molecule has 1 amide bonds. The van der Waals surface area contributed by atoms with Gasteiger partial charge in [-0.15, -0.1) is 10.2 Å². The molecule has 0 aliphatic rings. The Morgan fingerprint density at radius 2 is 1.92 bits per heavy atom. The average Bonchev–Trinajstić information content (AvgIpc) is 3.09. The molecule has 2 heterocycles. The van der Waals surface area contributed by atoms with Crippen molar-refractivity contribution in [3.63, 3.8) is 0 Å². The van der Waals surface area contributed by atoms with Crippen molar-refractivity contribution < 1.29 is 9.21 Å². The topological polar surface area (TPSA) is 90.2 Å². The highest BCUT2D eigenvalue weighted by atomic mass is 32.2. The summed E-state index contributed by atoms with van der Waals surface area (Å²) in [6.07, 6.45) is 1.59. The van der Waals surface area contributed by atoms with Crippen LogP contribution in [0.1, 0.15) is 33.5 Å². The van der Waals surface area contributed by atoms with Crippen molar-refractivity contribution in [1.29, 1.82) is 0 Å². The summed E-state index contributed by atoms with van der Waals surface area (Å²) in [5, 5.41) is 8.74. The van der Waals surface area contributed by atoms with Gasteiger partial charge in [0.2, 0.25) is 11.1 Å². The predicted molar refractivity (Wildman–Crippen MR) is 99.6 cm³/mol. The van der Waals surface area contributed by atoms with Crippen LogP contribution in [-0.2, 0) is 4.79 Å². The van der Waals surface area contributed by atoms with Crippen LogP contribution in [0.4, 0.5) is 0 Å². The van der Waals surface area contributed by atoms with E-state index in [2.05, 4.69) is 37.9 Å². The lowest BCUT2D eigenvalue weighted by Crippen LogP contribution is -2.38. The van der Waals surface area contributed by atoms with Gasteiger partial charge in [-0.1, -0.05) is 39.5 Å². The van der Waals surface area contributed by atoms with Gasteiger partial charge >= 0.3 is 0 Å². The van der Waals surface area contributed by atoms with Gasteiger partial charge in [0, 0.05) is 13.1 Å². The number of nitrogens with zero attached hydrogens (tertiary/aromatic N) is 4. The Bertz CT molecular complexity index is 698. The van der Waals surface area contributed by atoms with Crippen LogP contribution in [0.15, 0.2) is 21.9 Å². The molecule has 0 saturated heterocycles. The van der Waals surface area contributed by atoms with E-state index >= 15 is 0 Å². The molecule has 0 bridgehead atoms. The molecule has 0 fully saturated rings. The van der Waals surface area contributed by atoms with Crippen LogP contribution < -0.4 is 5.84 Å². The van der Waals surface area contributed by atoms with Gasteiger partial charge in [-0.25, -0.2) is 4.68 Å². The van der Waals surface area contributed by atoms with Crippen molar-refractivity contribution in [1.82, 2.24) is 19.8 Å². The largest absolute Gasteiger partial charge is 0.469 e. The van der Waals surface area contributed by atoms with Crippen molar-refractivity contribution in [2.75, 3.05) is 24.7 Å². The first-order valence-electron chi connectivity index (χ1n) is 8.45. The average molecular weight is 366 g/mol. The monoisotopic (exact) mass is 365 g/mol. The highest BCUT2D eigenvalue weighted by Crippen LogP contribution is 2.25. The van der Waals surface area contributed by atoms with E-state index in [-0.39, 0.29) is 5.91 Å². The van der Waals surface area contributed by atoms with Gasteiger partial charge in [0.1, 0.15) is 5.76 Å². The van der Waals surface area contributed by atoms with Crippen molar-refractivity contribution in [3.8, 4) is 11.4 Å². The summed E-state index contributed by atoms with van der Waals surface area (Å²) in [5.74, 6) is 8.60. The van der Waals surface area contributed by atoms with Gasteiger partial charge in [-0.3, -0.25) is 4.79 Å². The molecule has 2 aromatic rings. The summed E-state index contributed by atoms with van der Waals surface area (Å²) < 4.78 is 6.69. The number of thioether (sulfide) groups is 1. The van der Waals surface area contributed by atoms with Gasteiger partial charge in [0.05, 0.1) is 17.6 Å². The quantitative estimate of drug-likeness (QED) is 0.571. The van der Waals surface area contributed by atoms with E-state index in [1.807, 2.05) is 11.8 Å². The SMILES string of the molecule is Cc1occc1-c1nnc(SCC(=O)N(CC(C)C)CC(C)C)n1N. The third kappa shape index (κ3) is 5.01. The molecule has 138 valence electrons. The van der Waals surface area contributed by atoms with Crippen LogP contribution in [0.3, 0.4) is 0 Å². The van der Waals surface area contributed by atoms with Crippen molar-refractivity contribution in [3.05, 3.63) is 18.1 Å². The van der Waals surface area contributed by atoms with E-state index in [4.69, 9.17) is 10.3 Å². The van der Waals surface area contributed by atoms with E-state index in [1.54, 1.807) is 12.3 Å². The van der Waals surface area contributed by atoms with Crippen LogP contribution in [0.25, 0.3) is 11.4 Å². The Morgan fingerprint density at radius 3 is 2.44 bits per heavy atom. The molecule has 0 radical (unpaired) electrons. The van der Waals surface area contributed by atoms with Crippen LogP contribution in [0.5, 0.6) is 0 Å². The molecular formula is C17H27N5O2S. The molecule has 0 atom stereocenters. The van der Waals surface area contributed by atoms with Gasteiger partial charge in [-0.05, 0) is 24.8 Å². The van der Waals surface area contributed by atoms with E-state index in [0.717, 1.165) is 24.4 Å². The Morgan fingerprint density at radius 1 is 1.28 bits per heavy atom. The summed E-state index contributed by atoms with van der Waals surface area (Å²) in [4.78, 5) is 14.5. The number of carbonyl (C=O) groups excluding carboxylic acids is 1. The number of amides is 1. The minimum absolute atomic E-state index is 0.0939. The molecule has 8 heteroatoms. The minimum Gasteiger partial charge on any atom is -0.469 e. The Kier molecular flexibility index (Phi) is 6.52. The van der Waals surface area contributed by atoms with Crippen molar-refractivity contribution >= 4 is 17.7 Å². The maximum absolute atomic E-state index is 12.6. The summed E-state index contributed by atoms with van der Waals surface area (Å²) in [6.45, 7) is 11.8. The lowest BCUT2D eigenvalue weighted by molar-refractivity contribution is -0.129. The number of carbonyl (C=O) groups is 1. The fourth-order valence-electron chi connectivity index (χ4n) is 2.55. The minimum atomic E-state index is 0.0939. The number of nitrogen functional groups attached to an aromatic ring is 1. The fraction of sp³-hybridized carbons (Fsp3) is 0.588. The smallest absolute Gasteiger partial charge is 0.233 e. The second-order valence-electron chi connectivity index (χ2n) is 6.94. The Balaban J connectivity index is 2.04. The zero-order valence-electron chi connectivity index (χ0n) is 15.5. The first-order chi connectivity index (χ1) is 11.8. The Labute approximate surface area is 152 Å². The van der Waals surface area contributed by atoms with Gasteiger partial charge in [-0.2, -0.15) is 0 Å². The molecule has 2 N–H and O–H groups in total. The zero-order valence-corrected chi connectivity index (χ0v) is 16.3. The number of nitrogens with two attached hydrogens (primary N) is 1. The normalized spacial score (nSPS) is 11.5. The lowest BCUT2D eigenvalue weighted by Gasteiger charge is -2.26. The molecule has 7 nitrogen and oxygen atoms in total. The Hall–Kier alpha value is -1.96.